The van der Waals surface area contributed by atoms with Crippen LogP contribution in [0, 0.1) is 0 Å². The molecule has 2 rings (SSSR count). The molecular weight excluding hydrogens is 290 g/mol. The van der Waals surface area contributed by atoms with Crippen molar-refractivity contribution in [3.8, 4) is 6.01 Å². The van der Waals surface area contributed by atoms with Crippen LogP contribution in [0.1, 0.15) is 31.9 Å². The van der Waals surface area contributed by atoms with Gasteiger partial charge in [-0.25, -0.2) is 0 Å². The predicted octanol–water partition coefficient (Wildman–Crippen LogP) is 3.07. The van der Waals surface area contributed by atoms with Crippen LogP contribution in [0.25, 0.3) is 0 Å². The van der Waals surface area contributed by atoms with E-state index in [0.717, 1.165) is 12.0 Å². The van der Waals surface area contributed by atoms with Crippen molar-refractivity contribution in [2.75, 3.05) is 17.7 Å². The van der Waals surface area contributed by atoms with Crippen molar-refractivity contribution in [1.82, 2.24) is 15.0 Å². The topological polar surface area (TPSA) is 86.0 Å². The number of hydrogen-bond acceptors (Lipinski definition) is 6. The molecule has 0 aliphatic carbocycles. The summed E-state index contributed by atoms with van der Waals surface area (Å²) in [5, 5.41) is 3.85. The summed E-state index contributed by atoms with van der Waals surface area (Å²) >= 11 is 5.99. The van der Waals surface area contributed by atoms with Gasteiger partial charge in [0, 0.05) is 5.02 Å². The minimum absolute atomic E-state index is 0.0236. The van der Waals surface area contributed by atoms with Gasteiger partial charge in [-0.15, -0.1) is 0 Å². The second kappa shape index (κ2) is 7.08. The normalized spacial score (nSPS) is 12.0. The van der Waals surface area contributed by atoms with Crippen molar-refractivity contribution in [3.63, 3.8) is 0 Å². The first-order valence-corrected chi connectivity index (χ1v) is 7.12. The van der Waals surface area contributed by atoms with Gasteiger partial charge >= 0.3 is 6.01 Å². The van der Waals surface area contributed by atoms with E-state index in [1.807, 2.05) is 38.1 Å². The number of nitrogens with zero attached hydrogens (tertiary/aromatic N) is 3. The monoisotopic (exact) mass is 307 g/mol. The lowest BCUT2D eigenvalue weighted by molar-refractivity contribution is 0.292. The third-order valence-electron chi connectivity index (χ3n) is 2.76. The molecule has 112 valence electrons. The highest BCUT2D eigenvalue weighted by molar-refractivity contribution is 6.30. The third-order valence-corrected chi connectivity index (χ3v) is 3.00. The second-order valence-electron chi connectivity index (χ2n) is 4.57. The number of rotatable bonds is 6. The molecule has 2 aromatic rings. The Morgan fingerprint density at radius 2 is 2.14 bits per heavy atom. The van der Waals surface area contributed by atoms with Gasteiger partial charge in [0.2, 0.25) is 11.9 Å². The van der Waals surface area contributed by atoms with E-state index in [0.29, 0.717) is 17.6 Å². The fourth-order valence-corrected chi connectivity index (χ4v) is 1.95. The lowest BCUT2D eigenvalue weighted by atomic mass is 10.1. The average molecular weight is 308 g/mol. The van der Waals surface area contributed by atoms with E-state index in [2.05, 4.69) is 20.3 Å². The highest BCUT2D eigenvalue weighted by Gasteiger charge is 2.10. The third kappa shape index (κ3) is 4.46. The molecule has 1 aromatic carbocycles. The lowest BCUT2D eigenvalue weighted by Crippen LogP contribution is -2.12. The maximum atomic E-state index is 5.99. The number of benzene rings is 1. The molecule has 1 aromatic heterocycles. The van der Waals surface area contributed by atoms with Crippen molar-refractivity contribution in [3.05, 3.63) is 34.9 Å². The number of hydrogen-bond donors (Lipinski definition) is 2. The molecule has 0 saturated heterocycles. The van der Waals surface area contributed by atoms with Crippen LogP contribution in [0.4, 0.5) is 11.9 Å². The van der Waals surface area contributed by atoms with E-state index in [1.165, 1.54) is 0 Å². The van der Waals surface area contributed by atoms with E-state index < -0.39 is 0 Å². The summed E-state index contributed by atoms with van der Waals surface area (Å²) in [5.41, 5.74) is 6.69. The molecule has 0 aliphatic rings. The van der Waals surface area contributed by atoms with Gasteiger partial charge in [-0.1, -0.05) is 30.7 Å². The highest BCUT2D eigenvalue weighted by Crippen LogP contribution is 2.21. The average Bonchev–Trinajstić information content (AvgIpc) is 2.44. The maximum absolute atomic E-state index is 5.99. The molecule has 0 spiro atoms. The number of nitrogens with one attached hydrogen (secondary N) is 1. The van der Waals surface area contributed by atoms with Crippen LogP contribution in [-0.4, -0.2) is 21.6 Å². The first-order valence-electron chi connectivity index (χ1n) is 6.75. The number of nitrogens with two attached hydrogens (primary N) is 1. The van der Waals surface area contributed by atoms with Crippen LogP contribution in [0.3, 0.4) is 0 Å². The second-order valence-corrected chi connectivity index (χ2v) is 5.01. The van der Waals surface area contributed by atoms with Crippen molar-refractivity contribution in [2.45, 2.75) is 26.3 Å². The SMILES string of the molecule is CCCOc1nc(N)nc(NC(C)c2cccc(Cl)c2)n1. The van der Waals surface area contributed by atoms with Crippen LogP contribution in [0.5, 0.6) is 6.01 Å². The molecular formula is C14H18ClN5O. The zero-order chi connectivity index (χ0) is 15.2. The van der Waals surface area contributed by atoms with E-state index in [-0.39, 0.29) is 18.0 Å². The largest absolute Gasteiger partial charge is 0.463 e. The standard InChI is InChI=1S/C14H18ClN5O/c1-3-7-21-14-19-12(16)18-13(20-14)17-9(2)10-5-4-6-11(15)8-10/h4-6,8-9H,3,7H2,1-2H3,(H3,16,17,18,19,20). The van der Waals surface area contributed by atoms with Gasteiger partial charge in [0.1, 0.15) is 0 Å². The van der Waals surface area contributed by atoms with E-state index >= 15 is 0 Å². The quantitative estimate of drug-likeness (QED) is 0.853. The molecule has 0 saturated carbocycles. The van der Waals surface area contributed by atoms with Crippen LogP contribution >= 0.6 is 11.6 Å². The summed E-state index contributed by atoms with van der Waals surface area (Å²) < 4.78 is 5.38. The fourth-order valence-electron chi connectivity index (χ4n) is 1.75. The van der Waals surface area contributed by atoms with Crippen LogP contribution < -0.4 is 15.8 Å². The Morgan fingerprint density at radius 1 is 1.33 bits per heavy atom. The Morgan fingerprint density at radius 3 is 2.86 bits per heavy atom. The van der Waals surface area contributed by atoms with E-state index in [4.69, 9.17) is 22.1 Å². The van der Waals surface area contributed by atoms with Crippen molar-refractivity contribution >= 4 is 23.5 Å². The van der Waals surface area contributed by atoms with E-state index in [1.54, 1.807) is 0 Å². The van der Waals surface area contributed by atoms with Gasteiger partial charge in [-0.05, 0) is 31.0 Å². The first-order chi connectivity index (χ1) is 10.1. The molecule has 6 nitrogen and oxygen atoms in total. The number of anilines is 2. The molecule has 1 atom stereocenters. The number of halogens is 1. The molecule has 1 heterocycles. The molecule has 0 amide bonds. The minimum Gasteiger partial charge on any atom is -0.463 e. The van der Waals surface area contributed by atoms with Crippen molar-refractivity contribution in [1.29, 1.82) is 0 Å². The maximum Gasteiger partial charge on any atom is 0.323 e. The fraction of sp³-hybridized carbons (Fsp3) is 0.357. The van der Waals surface area contributed by atoms with Gasteiger partial charge in [-0.2, -0.15) is 15.0 Å². The first kappa shape index (κ1) is 15.3. The number of aromatic nitrogens is 3. The predicted molar refractivity (Wildman–Crippen MR) is 83.5 cm³/mol. The number of nitrogen functional groups attached to an aromatic ring is 1. The summed E-state index contributed by atoms with van der Waals surface area (Å²) in [6, 6.07) is 7.79. The van der Waals surface area contributed by atoms with Crippen LogP contribution in [-0.2, 0) is 0 Å². The Balaban J connectivity index is 2.13. The summed E-state index contributed by atoms with van der Waals surface area (Å²) in [5.74, 6) is 0.498. The van der Waals surface area contributed by atoms with Crippen molar-refractivity contribution < 1.29 is 4.74 Å². The zero-order valence-electron chi connectivity index (χ0n) is 12.0. The van der Waals surface area contributed by atoms with Crippen LogP contribution in [0.2, 0.25) is 5.02 Å². The molecule has 1 unspecified atom stereocenters. The summed E-state index contributed by atoms with van der Waals surface area (Å²) in [4.78, 5) is 12.2. The minimum atomic E-state index is -0.0236. The van der Waals surface area contributed by atoms with Gasteiger partial charge in [-0.3, -0.25) is 0 Å². The molecule has 7 heteroatoms. The molecule has 0 bridgehead atoms. The van der Waals surface area contributed by atoms with Gasteiger partial charge < -0.3 is 15.8 Å². The Bertz CT molecular complexity index is 608. The molecule has 3 N–H and O–H groups in total. The summed E-state index contributed by atoms with van der Waals surface area (Å²) in [6.45, 7) is 4.52. The van der Waals surface area contributed by atoms with Gasteiger partial charge in [0.15, 0.2) is 0 Å². The van der Waals surface area contributed by atoms with E-state index in [9.17, 15) is 0 Å². The smallest absolute Gasteiger partial charge is 0.323 e. The lowest BCUT2D eigenvalue weighted by Gasteiger charge is -2.15. The zero-order valence-corrected chi connectivity index (χ0v) is 12.8. The molecule has 0 radical (unpaired) electrons. The molecule has 0 fully saturated rings. The highest BCUT2D eigenvalue weighted by atomic mass is 35.5. The Kier molecular flexibility index (Phi) is 5.16. The Labute approximate surface area is 128 Å². The number of ether oxygens (including phenoxy) is 1. The van der Waals surface area contributed by atoms with Gasteiger partial charge in [0.05, 0.1) is 12.6 Å². The Hall–Kier alpha value is -2.08. The molecule has 21 heavy (non-hydrogen) atoms. The molecule has 0 aliphatic heterocycles. The summed E-state index contributed by atoms with van der Waals surface area (Å²) in [7, 11) is 0. The van der Waals surface area contributed by atoms with Crippen molar-refractivity contribution in [2.24, 2.45) is 0 Å². The van der Waals surface area contributed by atoms with Gasteiger partial charge in [0.25, 0.3) is 0 Å². The summed E-state index contributed by atoms with van der Waals surface area (Å²) in [6.07, 6.45) is 0.868. The van der Waals surface area contributed by atoms with Crippen LogP contribution in [0.15, 0.2) is 24.3 Å².